The minimum atomic E-state index is -0.316. The number of aldehydes is 1. The maximum atomic E-state index is 12.0. The number of hydrogen-bond acceptors (Lipinski definition) is 2. The average Bonchev–Trinajstić information content (AvgIpc) is 2.38. The van der Waals surface area contributed by atoms with Crippen LogP contribution in [0.15, 0.2) is 42.5 Å². The molecule has 96 valence electrons. The zero-order chi connectivity index (χ0) is 13.8. The molecule has 2 rings (SSSR count). The summed E-state index contributed by atoms with van der Waals surface area (Å²) in [4.78, 5) is 22.5. The molecular weight excluding hydrogens is 285 g/mol. The Morgan fingerprint density at radius 1 is 1.00 bits per heavy atom. The number of nitrogens with one attached hydrogen (secondary N) is 1. The van der Waals surface area contributed by atoms with E-state index in [1.54, 1.807) is 30.3 Å². The Kier molecular flexibility index (Phi) is 4.20. The lowest BCUT2D eigenvalue weighted by molar-refractivity contribution is 0.102. The van der Waals surface area contributed by atoms with Crippen molar-refractivity contribution in [3.05, 3.63) is 63.6 Å². The fourth-order valence-corrected chi connectivity index (χ4v) is 2.06. The molecule has 5 heteroatoms. The van der Waals surface area contributed by atoms with Crippen molar-refractivity contribution in [3.8, 4) is 0 Å². The molecule has 0 atom stereocenters. The second kappa shape index (κ2) is 5.87. The second-order valence-corrected chi connectivity index (χ2v) is 4.72. The van der Waals surface area contributed by atoms with Crippen LogP contribution in [0.1, 0.15) is 20.7 Å². The fraction of sp³-hybridized carbons (Fsp3) is 0. The topological polar surface area (TPSA) is 46.2 Å². The lowest BCUT2D eigenvalue weighted by Gasteiger charge is -2.06. The highest BCUT2D eigenvalue weighted by Gasteiger charge is 2.08. The Labute approximate surface area is 120 Å². The van der Waals surface area contributed by atoms with E-state index in [-0.39, 0.29) is 5.91 Å². The molecule has 2 aromatic carbocycles. The van der Waals surface area contributed by atoms with Crippen molar-refractivity contribution in [3.63, 3.8) is 0 Å². The Morgan fingerprint density at radius 2 is 1.58 bits per heavy atom. The van der Waals surface area contributed by atoms with Gasteiger partial charge in [-0.05, 0) is 42.5 Å². The normalized spacial score (nSPS) is 10.0. The van der Waals surface area contributed by atoms with Crippen LogP contribution in [-0.4, -0.2) is 12.2 Å². The summed E-state index contributed by atoms with van der Waals surface area (Å²) in [6, 6.07) is 11.1. The van der Waals surface area contributed by atoms with Crippen molar-refractivity contribution in [2.24, 2.45) is 0 Å². The molecule has 2 aromatic rings. The van der Waals surface area contributed by atoms with Gasteiger partial charge in [-0.15, -0.1) is 0 Å². The van der Waals surface area contributed by atoms with Crippen molar-refractivity contribution in [1.82, 2.24) is 0 Å². The lowest BCUT2D eigenvalue weighted by atomic mass is 10.2. The predicted molar refractivity (Wildman–Crippen MR) is 76.2 cm³/mol. The predicted octanol–water partition coefficient (Wildman–Crippen LogP) is 4.06. The summed E-state index contributed by atoms with van der Waals surface area (Å²) in [7, 11) is 0. The first-order chi connectivity index (χ1) is 9.08. The summed E-state index contributed by atoms with van der Waals surface area (Å²) < 4.78 is 0. The number of halogens is 2. The highest BCUT2D eigenvalue weighted by atomic mass is 35.5. The van der Waals surface area contributed by atoms with Crippen LogP contribution in [0, 0.1) is 0 Å². The Hall–Kier alpha value is -1.84. The summed E-state index contributed by atoms with van der Waals surface area (Å²) >= 11 is 11.7. The molecule has 1 amide bonds. The quantitative estimate of drug-likeness (QED) is 0.868. The molecule has 0 aliphatic carbocycles. The zero-order valence-corrected chi connectivity index (χ0v) is 11.2. The van der Waals surface area contributed by atoms with Gasteiger partial charge in [-0.1, -0.05) is 23.2 Å². The van der Waals surface area contributed by atoms with E-state index >= 15 is 0 Å². The molecule has 0 radical (unpaired) electrons. The first-order valence-corrected chi connectivity index (χ1v) is 6.17. The standard InChI is InChI=1S/C14H9Cl2NO2/c15-11-5-10(6-12(16)7-11)14(19)17-13-3-1-9(8-18)2-4-13/h1-8H,(H,17,19). The molecule has 19 heavy (non-hydrogen) atoms. The van der Waals surface area contributed by atoms with Crippen molar-refractivity contribution >= 4 is 41.1 Å². The molecular formula is C14H9Cl2NO2. The van der Waals surface area contributed by atoms with Crippen LogP contribution in [0.3, 0.4) is 0 Å². The molecule has 0 aliphatic heterocycles. The molecule has 0 aromatic heterocycles. The molecule has 1 N–H and O–H groups in total. The van der Waals surface area contributed by atoms with Crippen LogP contribution < -0.4 is 5.32 Å². The number of carbonyl (C=O) groups excluding carboxylic acids is 2. The maximum absolute atomic E-state index is 12.0. The van der Waals surface area contributed by atoms with Crippen molar-refractivity contribution in [2.75, 3.05) is 5.32 Å². The van der Waals surface area contributed by atoms with Crippen molar-refractivity contribution < 1.29 is 9.59 Å². The summed E-state index contributed by atoms with van der Waals surface area (Å²) in [6.45, 7) is 0. The van der Waals surface area contributed by atoms with E-state index in [0.29, 0.717) is 26.9 Å². The van der Waals surface area contributed by atoms with E-state index in [0.717, 1.165) is 6.29 Å². The lowest BCUT2D eigenvalue weighted by Crippen LogP contribution is -2.11. The van der Waals surface area contributed by atoms with Gasteiger partial charge in [0.15, 0.2) is 0 Å². The number of carbonyl (C=O) groups is 2. The first-order valence-electron chi connectivity index (χ1n) is 5.41. The van der Waals surface area contributed by atoms with Crippen LogP contribution in [0.25, 0.3) is 0 Å². The molecule has 0 fully saturated rings. The Morgan fingerprint density at radius 3 is 2.11 bits per heavy atom. The van der Waals surface area contributed by atoms with Gasteiger partial charge in [0.1, 0.15) is 6.29 Å². The van der Waals surface area contributed by atoms with E-state index in [1.165, 1.54) is 12.1 Å². The van der Waals surface area contributed by atoms with E-state index < -0.39 is 0 Å². The number of anilines is 1. The number of hydrogen-bond donors (Lipinski definition) is 1. The molecule has 0 saturated heterocycles. The minimum Gasteiger partial charge on any atom is -0.322 e. The summed E-state index contributed by atoms with van der Waals surface area (Å²) in [5, 5.41) is 3.49. The maximum Gasteiger partial charge on any atom is 0.255 e. The van der Waals surface area contributed by atoms with Gasteiger partial charge in [0.2, 0.25) is 0 Å². The smallest absolute Gasteiger partial charge is 0.255 e. The first kappa shape index (κ1) is 13.6. The van der Waals surface area contributed by atoms with Gasteiger partial charge in [0.25, 0.3) is 5.91 Å². The van der Waals surface area contributed by atoms with E-state index in [4.69, 9.17) is 23.2 Å². The Bertz CT molecular complexity index is 604. The third-order valence-corrected chi connectivity index (χ3v) is 2.87. The van der Waals surface area contributed by atoms with Gasteiger partial charge in [-0.2, -0.15) is 0 Å². The largest absolute Gasteiger partial charge is 0.322 e. The molecule has 3 nitrogen and oxygen atoms in total. The van der Waals surface area contributed by atoms with E-state index in [1.807, 2.05) is 0 Å². The van der Waals surface area contributed by atoms with Crippen LogP contribution in [0.5, 0.6) is 0 Å². The van der Waals surface area contributed by atoms with E-state index in [2.05, 4.69) is 5.32 Å². The third kappa shape index (κ3) is 3.56. The van der Waals surface area contributed by atoms with Gasteiger partial charge >= 0.3 is 0 Å². The highest BCUT2D eigenvalue weighted by Crippen LogP contribution is 2.20. The van der Waals surface area contributed by atoms with Crippen LogP contribution >= 0.6 is 23.2 Å². The summed E-state index contributed by atoms with van der Waals surface area (Å²) in [5.41, 5.74) is 1.51. The fourth-order valence-electron chi connectivity index (χ4n) is 1.53. The summed E-state index contributed by atoms with van der Waals surface area (Å²) in [5.74, 6) is -0.316. The summed E-state index contributed by atoms with van der Waals surface area (Å²) in [6.07, 6.45) is 0.738. The molecule has 0 spiro atoms. The van der Waals surface area contributed by atoms with Gasteiger partial charge < -0.3 is 5.32 Å². The average molecular weight is 294 g/mol. The van der Waals surface area contributed by atoms with Crippen molar-refractivity contribution in [2.45, 2.75) is 0 Å². The monoisotopic (exact) mass is 293 g/mol. The number of rotatable bonds is 3. The third-order valence-electron chi connectivity index (χ3n) is 2.43. The highest BCUT2D eigenvalue weighted by molar-refractivity contribution is 6.35. The van der Waals surface area contributed by atoms with Crippen LogP contribution in [-0.2, 0) is 0 Å². The molecule has 0 unspecified atom stereocenters. The minimum absolute atomic E-state index is 0.316. The van der Waals surface area contributed by atoms with Crippen LogP contribution in [0.4, 0.5) is 5.69 Å². The SMILES string of the molecule is O=Cc1ccc(NC(=O)c2cc(Cl)cc(Cl)c2)cc1. The molecule has 0 bridgehead atoms. The number of benzene rings is 2. The number of amides is 1. The van der Waals surface area contributed by atoms with Gasteiger partial charge in [-0.3, -0.25) is 9.59 Å². The van der Waals surface area contributed by atoms with Gasteiger partial charge in [0.05, 0.1) is 0 Å². The zero-order valence-electron chi connectivity index (χ0n) is 9.69. The Balaban J connectivity index is 2.17. The van der Waals surface area contributed by atoms with Crippen molar-refractivity contribution in [1.29, 1.82) is 0 Å². The molecule has 0 aliphatic rings. The van der Waals surface area contributed by atoms with Crippen LogP contribution in [0.2, 0.25) is 10.0 Å². The van der Waals surface area contributed by atoms with Gasteiger partial charge in [-0.25, -0.2) is 0 Å². The second-order valence-electron chi connectivity index (χ2n) is 3.85. The molecule has 0 saturated carbocycles. The van der Waals surface area contributed by atoms with E-state index in [9.17, 15) is 9.59 Å². The molecule has 0 heterocycles. The van der Waals surface area contributed by atoms with Gasteiger partial charge in [0, 0.05) is 26.9 Å².